The van der Waals surface area contributed by atoms with Gasteiger partial charge in [0.15, 0.2) is 0 Å². The average molecular weight is 268 g/mol. The van der Waals surface area contributed by atoms with Crippen LogP contribution in [-0.4, -0.2) is 18.1 Å². The second kappa shape index (κ2) is 5.95. The maximum Gasteiger partial charge on any atom is 0.128 e. The van der Waals surface area contributed by atoms with Gasteiger partial charge in [-0.15, -0.1) is 0 Å². The van der Waals surface area contributed by atoms with E-state index in [4.69, 9.17) is 4.74 Å². The van der Waals surface area contributed by atoms with Gasteiger partial charge >= 0.3 is 0 Å². The maximum atomic E-state index is 5.71. The van der Waals surface area contributed by atoms with E-state index >= 15 is 0 Å². The Morgan fingerprint density at radius 3 is 2.95 bits per heavy atom. The van der Waals surface area contributed by atoms with Gasteiger partial charge in [-0.25, -0.2) is 4.98 Å². The van der Waals surface area contributed by atoms with Crippen molar-refractivity contribution in [3.05, 3.63) is 53.7 Å². The molecule has 1 aliphatic heterocycles. The minimum absolute atomic E-state index is 0.791. The highest BCUT2D eigenvalue weighted by atomic mass is 16.5. The first-order valence-corrected chi connectivity index (χ1v) is 7.27. The third-order valence-corrected chi connectivity index (χ3v) is 3.64. The van der Waals surface area contributed by atoms with Gasteiger partial charge < -0.3 is 9.64 Å². The third kappa shape index (κ3) is 2.77. The van der Waals surface area contributed by atoms with Crippen LogP contribution in [0.1, 0.15) is 24.5 Å². The maximum absolute atomic E-state index is 5.71. The summed E-state index contributed by atoms with van der Waals surface area (Å²) in [6.07, 6.45) is 3.95. The Balaban J connectivity index is 1.75. The van der Waals surface area contributed by atoms with Crippen molar-refractivity contribution in [2.24, 2.45) is 0 Å². The molecular weight excluding hydrogens is 248 g/mol. The molecule has 0 saturated heterocycles. The van der Waals surface area contributed by atoms with Crippen LogP contribution in [0.15, 0.2) is 42.6 Å². The molecule has 0 amide bonds. The van der Waals surface area contributed by atoms with Crippen LogP contribution >= 0.6 is 0 Å². The molecule has 0 N–H and O–H groups in total. The van der Waals surface area contributed by atoms with Crippen molar-refractivity contribution in [3.63, 3.8) is 0 Å². The molecule has 3 heteroatoms. The zero-order valence-electron chi connectivity index (χ0n) is 11.9. The molecule has 104 valence electrons. The summed E-state index contributed by atoms with van der Waals surface area (Å²) in [5.74, 6) is 2.06. The molecule has 0 saturated carbocycles. The average Bonchev–Trinajstić information content (AvgIpc) is 2.53. The molecule has 0 atom stereocenters. The van der Waals surface area contributed by atoms with Gasteiger partial charge in [0, 0.05) is 19.3 Å². The summed E-state index contributed by atoms with van der Waals surface area (Å²) in [5.41, 5.74) is 2.79. The number of hydrogen-bond acceptors (Lipinski definition) is 3. The lowest BCUT2D eigenvalue weighted by Gasteiger charge is -2.30. The number of nitrogens with zero attached hydrogens (tertiary/aromatic N) is 2. The number of benzene rings is 1. The topological polar surface area (TPSA) is 25.4 Å². The van der Waals surface area contributed by atoms with Crippen molar-refractivity contribution in [3.8, 4) is 5.75 Å². The predicted molar refractivity (Wildman–Crippen MR) is 81.2 cm³/mol. The number of fused-ring (bicyclic) bond motifs is 1. The van der Waals surface area contributed by atoms with Crippen molar-refractivity contribution in [1.82, 2.24) is 4.98 Å². The van der Waals surface area contributed by atoms with E-state index in [1.54, 1.807) is 0 Å². The summed E-state index contributed by atoms with van der Waals surface area (Å²) < 4.78 is 5.71. The lowest BCUT2D eigenvalue weighted by Crippen LogP contribution is -2.30. The first-order chi connectivity index (χ1) is 9.86. The molecule has 0 spiro atoms. The second-order valence-corrected chi connectivity index (χ2v) is 5.14. The highest BCUT2D eigenvalue weighted by molar-refractivity contribution is 5.45. The van der Waals surface area contributed by atoms with E-state index in [9.17, 15) is 0 Å². The van der Waals surface area contributed by atoms with E-state index in [-0.39, 0.29) is 0 Å². The molecule has 3 nitrogen and oxygen atoms in total. The largest absolute Gasteiger partial charge is 0.494 e. The summed E-state index contributed by atoms with van der Waals surface area (Å²) >= 11 is 0. The monoisotopic (exact) mass is 268 g/mol. The van der Waals surface area contributed by atoms with E-state index in [1.165, 1.54) is 11.1 Å². The number of pyridine rings is 1. The van der Waals surface area contributed by atoms with E-state index in [0.29, 0.717) is 0 Å². The summed E-state index contributed by atoms with van der Waals surface area (Å²) in [7, 11) is 0. The Bertz CT molecular complexity index is 568. The third-order valence-electron chi connectivity index (χ3n) is 3.64. The molecule has 0 aliphatic carbocycles. The molecule has 0 bridgehead atoms. The Kier molecular flexibility index (Phi) is 3.86. The molecule has 0 unspecified atom stereocenters. The van der Waals surface area contributed by atoms with Crippen LogP contribution in [0, 0.1) is 0 Å². The first-order valence-electron chi connectivity index (χ1n) is 7.27. The molecule has 3 rings (SSSR count). The van der Waals surface area contributed by atoms with Crippen molar-refractivity contribution in [2.45, 2.75) is 26.3 Å². The van der Waals surface area contributed by atoms with Crippen LogP contribution in [0.4, 0.5) is 5.82 Å². The number of anilines is 1. The molecule has 1 aromatic carbocycles. The van der Waals surface area contributed by atoms with E-state index in [1.807, 2.05) is 18.3 Å². The predicted octanol–water partition coefficient (Wildman–Crippen LogP) is 3.43. The van der Waals surface area contributed by atoms with Gasteiger partial charge in [-0.1, -0.05) is 19.1 Å². The molecule has 20 heavy (non-hydrogen) atoms. The molecule has 0 radical (unpaired) electrons. The van der Waals surface area contributed by atoms with Crippen molar-refractivity contribution in [1.29, 1.82) is 0 Å². The number of rotatable bonds is 4. The van der Waals surface area contributed by atoms with Crippen LogP contribution in [0.5, 0.6) is 5.75 Å². The Hall–Kier alpha value is -2.03. The van der Waals surface area contributed by atoms with E-state index < -0.39 is 0 Å². The molecule has 2 heterocycles. The fraction of sp³-hybridized carbons (Fsp3) is 0.353. The quantitative estimate of drug-likeness (QED) is 0.849. The second-order valence-electron chi connectivity index (χ2n) is 5.14. The normalized spacial score (nSPS) is 13.9. The summed E-state index contributed by atoms with van der Waals surface area (Å²) in [6, 6.07) is 12.5. The molecule has 0 fully saturated rings. The zero-order valence-corrected chi connectivity index (χ0v) is 11.9. The lowest BCUT2D eigenvalue weighted by atomic mass is 9.99. The molecule has 1 aromatic heterocycles. The van der Waals surface area contributed by atoms with Crippen LogP contribution in [0.2, 0.25) is 0 Å². The number of hydrogen-bond donors (Lipinski definition) is 0. The van der Waals surface area contributed by atoms with Gasteiger partial charge in [0.1, 0.15) is 11.6 Å². The zero-order chi connectivity index (χ0) is 13.8. The van der Waals surface area contributed by atoms with Gasteiger partial charge in [-0.2, -0.15) is 0 Å². The standard InChI is InChI=1S/C17H20N2O/c1-2-11-20-16-7-6-15-13-19(10-8-14(15)12-16)17-5-3-4-9-18-17/h3-7,9,12H,2,8,10-11,13H2,1H3. The molecular formula is C17H20N2O. The molecule has 1 aliphatic rings. The fourth-order valence-corrected chi connectivity index (χ4v) is 2.58. The van der Waals surface area contributed by atoms with Crippen molar-refractivity contribution in [2.75, 3.05) is 18.1 Å². The van der Waals surface area contributed by atoms with E-state index in [2.05, 4.69) is 41.1 Å². The SMILES string of the molecule is CCCOc1ccc2c(c1)CCN(c1ccccn1)C2. The highest BCUT2D eigenvalue weighted by Gasteiger charge is 2.17. The summed E-state index contributed by atoms with van der Waals surface area (Å²) in [6.45, 7) is 4.86. The Labute approximate surface area is 120 Å². The summed E-state index contributed by atoms with van der Waals surface area (Å²) in [4.78, 5) is 6.76. The number of ether oxygens (including phenoxy) is 1. The first kappa shape index (κ1) is 13.0. The minimum atomic E-state index is 0.791. The highest BCUT2D eigenvalue weighted by Crippen LogP contribution is 2.26. The fourth-order valence-electron chi connectivity index (χ4n) is 2.58. The van der Waals surface area contributed by atoms with Crippen LogP contribution in [0.3, 0.4) is 0 Å². The lowest BCUT2D eigenvalue weighted by molar-refractivity contribution is 0.317. The van der Waals surface area contributed by atoms with E-state index in [0.717, 1.165) is 44.1 Å². The van der Waals surface area contributed by atoms with Gasteiger partial charge in [-0.05, 0) is 48.2 Å². The van der Waals surface area contributed by atoms with Gasteiger partial charge in [-0.3, -0.25) is 0 Å². The smallest absolute Gasteiger partial charge is 0.128 e. The van der Waals surface area contributed by atoms with Crippen molar-refractivity contribution < 1.29 is 4.74 Å². The summed E-state index contributed by atoms with van der Waals surface area (Å²) in [5, 5.41) is 0. The van der Waals surface area contributed by atoms with Gasteiger partial charge in [0.05, 0.1) is 6.61 Å². The molecule has 2 aromatic rings. The van der Waals surface area contributed by atoms with Gasteiger partial charge in [0.2, 0.25) is 0 Å². The van der Waals surface area contributed by atoms with Crippen LogP contribution in [0.25, 0.3) is 0 Å². The van der Waals surface area contributed by atoms with Crippen LogP contribution in [-0.2, 0) is 13.0 Å². The Morgan fingerprint density at radius 1 is 1.20 bits per heavy atom. The number of aromatic nitrogens is 1. The van der Waals surface area contributed by atoms with Crippen LogP contribution < -0.4 is 9.64 Å². The van der Waals surface area contributed by atoms with Crippen molar-refractivity contribution >= 4 is 5.82 Å². The minimum Gasteiger partial charge on any atom is -0.494 e. The Morgan fingerprint density at radius 2 is 2.15 bits per heavy atom. The van der Waals surface area contributed by atoms with Gasteiger partial charge in [0.25, 0.3) is 0 Å².